The minimum Gasteiger partial charge on any atom is -0.624 e. The van der Waals surface area contributed by atoms with E-state index in [1.807, 2.05) is 51.1 Å². The van der Waals surface area contributed by atoms with Crippen LogP contribution >= 0.6 is 0 Å². The second kappa shape index (κ2) is 4.27. The molecule has 0 aliphatic rings. The predicted molar refractivity (Wildman–Crippen MR) is 59.6 cm³/mol. The molecule has 0 radical (unpaired) electrons. The van der Waals surface area contributed by atoms with E-state index in [0.29, 0.717) is 6.42 Å². The van der Waals surface area contributed by atoms with Crippen molar-refractivity contribution in [1.29, 1.82) is 0 Å². The normalized spacial score (nSPS) is 12.9. The van der Waals surface area contributed by atoms with Gasteiger partial charge in [0.2, 0.25) is 0 Å². The van der Waals surface area contributed by atoms with Gasteiger partial charge in [0.1, 0.15) is 0 Å². The Morgan fingerprint density at radius 2 is 1.79 bits per heavy atom. The Hall–Kier alpha value is -1.31. The molecule has 0 unspecified atom stereocenters. The van der Waals surface area contributed by atoms with Crippen molar-refractivity contribution < 1.29 is 4.74 Å². The maximum atomic E-state index is 11.5. The summed E-state index contributed by atoms with van der Waals surface area (Å²) in [5, 5.41) is 11.5. The molecule has 0 fully saturated rings. The van der Waals surface area contributed by atoms with Crippen molar-refractivity contribution in [2.75, 3.05) is 0 Å². The first kappa shape index (κ1) is 10.8. The van der Waals surface area contributed by atoms with E-state index in [1.165, 1.54) is 0 Å². The average molecular weight is 191 g/mol. The Morgan fingerprint density at radius 3 is 2.29 bits per heavy atom. The largest absolute Gasteiger partial charge is 0.624 e. The minimum atomic E-state index is -0.339. The van der Waals surface area contributed by atoms with Crippen LogP contribution in [0.5, 0.6) is 0 Å². The number of rotatable bonds is 2. The van der Waals surface area contributed by atoms with Crippen LogP contribution in [-0.4, -0.2) is 16.5 Å². The molecule has 0 heterocycles. The number of hydroxylamine groups is 1. The molecule has 0 spiro atoms. The smallest absolute Gasteiger partial charge is 0.164 e. The summed E-state index contributed by atoms with van der Waals surface area (Å²) in [6.45, 7) is 5.71. The summed E-state index contributed by atoms with van der Waals surface area (Å²) in [4.78, 5) is 0. The van der Waals surface area contributed by atoms with E-state index in [4.69, 9.17) is 0 Å². The zero-order valence-electron chi connectivity index (χ0n) is 9.03. The fraction of sp³-hybridized carbons (Fsp3) is 0.417. The van der Waals surface area contributed by atoms with Crippen LogP contribution < -0.4 is 0 Å². The highest BCUT2D eigenvalue weighted by Gasteiger charge is 2.17. The average Bonchev–Trinajstić information content (AvgIpc) is 2.14. The second-order valence-electron chi connectivity index (χ2n) is 4.37. The van der Waals surface area contributed by atoms with Gasteiger partial charge in [-0.05, 0) is 5.56 Å². The molecule has 2 nitrogen and oxygen atoms in total. The highest BCUT2D eigenvalue weighted by molar-refractivity contribution is 5.56. The van der Waals surface area contributed by atoms with Gasteiger partial charge in [-0.3, -0.25) is 0 Å². The lowest BCUT2D eigenvalue weighted by Gasteiger charge is -2.18. The molecule has 0 aliphatic carbocycles. The maximum absolute atomic E-state index is 11.5. The van der Waals surface area contributed by atoms with Gasteiger partial charge in [-0.15, -0.1) is 0 Å². The van der Waals surface area contributed by atoms with Crippen LogP contribution in [0.15, 0.2) is 30.3 Å². The van der Waals surface area contributed by atoms with Crippen LogP contribution in [-0.2, 0) is 6.42 Å². The lowest BCUT2D eigenvalue weighted by Crippen LogP contribution is -2.29. The highest BCUT2D eigenvalue weighted by atomic mass is 16.5. The Labute approximate surface area is 85.5 Å². The van der Waals surface area contributed by atoms with Crippen molar-refractivity contribution >= 4 is 6.21 Å². The van der Waals surface area contributed by atoms with Crippen LogP contribution in [0.2, 0.25) is 0 Å². The fourth-order valence-electron chi connectivity index (χ4n) is 1.08. The predicted octanol–water partition coefficient (Wildman–Crippen LogP) is 2.61. The standard InChI is InChI=1S/C12H17NO/c1-12(2,3)13(14)10-9-11-7-5-4-6-8-11/h4-8,10H,9H2,1-3H3/b13-10-. The van der Waals surface area contributed by atoms with Gasteiger partial charge in [-0.2, -0.15) is 0 Å². The van der Waals surface area contributed by atoms with Crippen molar-refractivity contribution in [3.63, 3.8) is 0 Å². The molecule has 0 atom stereocenters. The van der Waals surface area contributed by atoms with E-state index >= 15 is 0 Å². The summed E-state index contributed by atoms with van der Waals surface area (Å²) in [7, 11) is 0. The lowest BCUT2D eigenvalue weighted by molar-refractivity contribution is -0.531. The van der Waals surface area contributed by atoms with Crippen molar-refractivity contribution in [2.45, 2.75) is 32.7 Å². The van der Waals surface area contributed by atoms with E-state index < -0.39 is 0 Å². The molecule has 0 aliphatic heterocycles. The van der Waals surface area contributed by atoms with E-state index in [-0.39, 0.29) is 5.54 Å². The number of benzene rings is 1. The van der Waals surface area contributed by atoms with Gasteiger partial charge in [-0.1, -0.05) is 30.3 Å². The number of hydrogen-bond donors (Lipinski definition) is 0. The number of hydrogen-bond acceptors (Lipinski definition) is 1. The summed E-state index contributed by atoms with van der Waals surface area (Å²) in [6.07, 6.45) is 2.39. The van der Waals surface area contributed by atoms with Gasteiger partial charge in [-0.25, -0.2) is 4.74 Å². The van der Waals surface area contributed by atoms with E-state index in [9.17, 15) is 5.21 Å². The van der Waals surface area contributed by atoms with E-state index in [1.54, 1.807) is 6.21 Å². The summed E-state index contributed by atoms with van der Waals surface area (Å²) < 4.78 is 1.01. The molecule has 0 N–H and O–H groups in total. The fourth-order valence-corrected chi connectivity index (χ4v) is 1.08. The topological polar surface area (TPSA) is 26.1 Å². The van der Waals surface area contributed by atoms with Crippen molar-refractivity contribution in [1.82, 2.24) is 0 Å². The first-order valence-electron chi connectivity index (χ1n) is 4.84. The van der Waals surface area contributed by atoms with Gasteiger partial charge in [0.15, 0.2) is 11.8 Å². The molecule has 0 bridgehead atoms. The zero-order valence-corrected chi connectivity index (χ0v) is 9.03. The molecule has 0 saturated heterocycles. The van der Waals surface area contributed by atoms with Gasteiger partial charge >= 0.3 is 0 Å². The molecule has 76 valence electrons. The van der Waals surface area contributed by atoms with Crippen LogP contribution in [0.25, 0.3) is 0 Å². The Morgan fingerprint density at radius 1 is 1.21 bits per heavy atom. The third-order valence-corrected chi connectivity index (χ3v) is 2.00. The molecule has 0 amide bonds. The molecule has 1 rings (SSSR count). The summed E-state index contributed by atoms with van der Waals surface area (Å²) in [6, 6.07) is 9.98. The molecular formula is C12H17NO. The van der Waals surface area contributed by atoms with Gasteiger partial charge in [0, 0.05) is 20.8 Å². The summed E-state index contributed by atoms with van der Waals surface area (Å²) >= 11 is 0. The van der Waals surface area contributed by atoms with Crippen LogP contribution in [0.3, 0.4) is 0 Å². The Balaban J connectivity index is 2.65. The Kier molecular flexibility index (Phi) is 3.28. The molecule has 14 heavy (non-hydrogen) atoms. The molecule has 1 aromatic carbocycles. The lowest BCUT2D eigenvalue weighted by atomic mass is 10.1. The molecular weight excluding hydrogens is 174 g/mol. The van der Waals surface area contributed by atoms with Crippen LogP contribution in [0.4, 0.5) is 0 Å². The quantitative estimate of drug-likeness (QED) is 0.305. The van der Waals surface area contributed by atoms with Gasteiger partial charge < -0.3 is 5.21 Å². The first-order valence-corrected chi connectivity index (χ1v) is 4.84. The van der Waals surface area contributed by atoms with Gasteiger partial charge in [0.05, 0.1) is 6.42 Å². The third-order valence-electron chi connectivity index (χ3n) is 2.00. The van der Waals surface area contributed by atoms with E-state index in [0.717, 1.165) is 10.3 Å². The summed E-state index contributed by atoms with van der Waals surface area (Å²) in [5.41, 5.74) is 0.826. The van der Waals surface area contributed by atoms with Crippen molar-refractivity contribution in [2.24, 2.45) is 0 Å². The minimum absolute atomic E-state index is 0.339. The second-order valence-corrected chi connectivity index (χ2v) is 4.37. The van der Waals surface area contributed by atoms with E-state index in [2.05, 4.69) is 0 Å². The zero-order chi connectivity index (χ0) is 10.6. The first-order chi connectivity index (χ1) is 6.50. The highest BCUT2D eigenvalue weighted by Crippen LogP contribution is 2.05. The van der Waals surface area contributed by atoms with Gasteiger partial charge in [0.25, 0.3) is 0 Å². The monoisotopic (exact) mass is 191 g/mol. The molecule has 0 saturated carbocycles. The SMILES string of the molecule is CC(C)(C)/[N+]([O-])=C/Cc1ccccc1. The van der Waals surface area contributed by atoms with Crippen LogP contribution in [0, 0.1) is 5.21 Å². The number of nitrogens with zero attached hydrogens (tertiary/aromatic N) is 1. The van der Waals surface area contributed by atoms with Crippen molar-refractivity contribution in [3.8, 4) is 0 Å². The Bertz CT molecular complexity index is 309. The van der Waals surface area contributed by atoms with Crippen molar-refractivity contribution in [3.05, 3.63) is 41.1 Å². The molecule has 1 aromatic rings. The maximum Gasteiger partial charge on any atom is 0.164 e. The summed E-state index contributed by atoms with van der Waals surface area (Å²) in [5.74, 6) is 0. The van der Waals surface area contributed by atoms with Crippen LogP contribution in [0.1, 0.15) is 26.3 Å². The third kappa shape index (κ3) is 3.21. The molecule has 2 heteroatoms. The molecule has 0 aromatic heterocycles.